The van der Waals surface area contributed by atoms with Crippen molar-refractivity contribution in [3.8, 4) is 5.95 Å². The van der Waals surface area contributed by atoms with Gasteiger partial charge in [0.25, 0.3) is 5.69 Å². The summed E-state index contributed by atoms with van der Waals surface area (Å²) in [6, 6.07) is 14.6. The fraction of sp³-hybridized carbons (Fsp3) is 0.333. The minimum Gasteiger partial charge on any atom is -0.539 e. The first kappa shape index (κ1) is 14.2. The number of benzene rings is 2. The Morgan fingerprint density at radius 1 is 1.17 bits per heavy atom. The van der Waals surface area contributed by atoms with E-state index < -0.39 is 11.5 Å². The molecule has 0 saturated carbocycles. The maximum atomic E-state index is 11.9. The van der Waals surface area contributed by atoms with E-state index in [2.05, 4.69) is 35.6 Å². The predicted octanol–water partition coefficient (Wildman–Crippen LogP) is 2.59. The van der Waals surface area contributed by atoms with Crippen LogP contribution in [0.5, 0.6) is 5.95 Å². The molecule has 118 valence electrons. The molecule has 3 aromatic rings. The van der Waals surface area contributed by atoms with Gasteiger partial charge >= 0.3 is 0 Å². The van der Waals surface area contributed by atoms with Gasteiger partial charge in [0.1, 0.15) is 0 Å². The van der Waals surface area contributed by atoms with Crippen molar-refractivity contribution in [2.75, 3.05) is 0 Å². The number of hydrogen-bond acceptors (Lipinski definition) is 4. The lowest BCUT2D eigenvalue weighted by Gasteiger charge is -2.25. The van der Waals surface area contributed by atoms with Gasteiger partial charge < -0.3 is 14.4 Å². The van der Waals surface area contributed by atoms with Gasteiger partial charge in [0.2, 0.25) is 0 Å². The molecular formula is C18H18N2O3. The molecule has 1 aromatic heterocycles. The zero-order chi connectivity index (χ0) is 16.0. The number of hydrogen-bond donors (Lipinski definition) is 0. The Morgan fingerprint density at radius 2 is 1.96 bits per heavy atom. The molecular weight excluding hydrogens is 292 g/mol. The Hall–Kier alpha value is -2.40. The molecule has 0 bridgehead atoms. The number of nitrogens with zero attached hydrogens (tertiary/aromatic N) is 2. The number of ether oxygens (including phenoxy) is 1. The number of aromatic nitrogens is 2. The fourth-order valence-corrected chi connectivity index (χ4v) is 3.34. The summed E-state index contributed by atoms with van der Waals surface area (Å²) in [6.07, 6.45) is 0.654. The van der Waals surface area contributed by atoms with Crippen LogP contribution in [0.2, 0.25) is 0 Å². The minimum atomic E-state index is -0.746. The maximum Gasteiger partial charge on any atom is 0.264 e. The second-order valence-corrected chi connectivity index (χ2v) is 6.44. The van der Waals surface area contributed by atoms with Crippen molar-refractivity contribution in [1.82, 2.24) is 5.27 Å². The zero-order valence-electron chi connectivity index (χ0n) is 13.2. The van der Waals surface area contributed by atoms with Crippen molar-refractivity contribution in [1.29, 1.82) is 0 Å². The minimum absolute atomic E-state index is 0.0873. The lowest BCUT2D eigenvalue weighted by molar-refractivity contribution is -0.770. The van der Waals surface area contributed by atoms with E-state index in [-0.39, 0.29) is 6.10 Å². The summed E-state index contributed by atoms with van der Waals surface area (Å²) in [5, 5.41) is 18.2. The van der Waals surface area contributed by atoms with Crippen molar-refractivity contribution in [2.24, 2.45) is 0 Å². The average molecular weight is 310 g/mol. The molecule has 0 fully saturated rings. The predicted molar refractivity (Wildman–Crippen MR) is 81.6 cm³/mol. The highest BCUT2D eigenvalue weighted by Crippen LogP contribution is 2.37. The average Bonchev–Trinajstić information content (AvgIpc) is 2.85. The fourth-order valence-electron chi connectivity index (χ4n) is 3.34. The monoisotopic (exact) mass is 310 g/mol. The van der Waals surface area contributed by atoms with E-state index in [0.29, 0.717) is 12.2 Å². The molecule has 2 aromatic carbocycles. The Kier molecular flexibility index (Phi) is 3.13. The van der Waals surface area contributed by atoms with Gasteiger partial charge in [-0.15, -0.1) is 0 Å². The molecule has 5 heteroatoms. The third-order valence-corrected chi connectivity index (χ3v) is 4.43. The van der Waals surface area contributed by atoms with Gasteiger partial charge in [-0.05, 0) is 36.2 Å². The van der Waals surface area contributed by atoms with Gasteiger partial charge in [-0.3, -0.25) is 0 Å². The molecule has 0 aliphatic carbocycles. The smallest absolute Gasteiger partial charge is 0.264 e. The van der Waals surface area contributed by atoms with Gasteiger partial charge in [-0.2, -0.15) is 0 Å². The van der Waals surface area contributed by atoms with E-state index in [1.54, 1.807) is 4.68 Å². The lowest BCUT2D eigenvalue weighted by Crippen LogP contribution is -2.43. The van der Waals surface area contributed by atoms with Crippen LogP contribution >= 0.6 is 0 Å². The van der Waals surface area contributed by atoms with Crippen LogP contribution < -0.4 is 9.79 Å². The van der Waals surface area contributed by atoms with Gasteiger partial charge in [-0.1, -0.05) is 41.1 Å². The summed E-state index contributed by atoms with van der Waals surface area (Å²) in [4.78, 5) is 0. The molecule has 0 spiro atoms. The number of rotatable bonds is 1. The summed E-state index contributed by atoms with van der Waals surface area (Å²) >= 11 is 0. The highest BCUT2D eigenvalue weighted by molar-refractivity contribution is 5.83. The SMILES string of the molecule is CC1(C)OC(c2ccc3ccccc3c2)CC[n+]2noc([O-])c21. The molecule has 0 saturated heterocycles. The van der Waals surface area contributed by atoms with Crippen LogP contribution in [-0.4, -0.2) is 5.27 Å². The first-order valence-corrected chi connectivity index (χ1v) is 7.78. The van der Waals surface area contributed by atoms with Crippen molar-refractivity contribution in [3.63, 3.8) is 0 Å². The quantitative estimate of drug-likeness (QED) is 0.648. The standard InChI is InChI=1S/C18H18N2O3/c1-18(2)16-17(21)23-19-20(16)10-9-15(22-18)14-8-7-12-5-3-4-6-13(12)11-14/h3-8,11,15H,9-10H2,1-2H3. The first-order chi connectivity index (χ1) is 11.0. The van der Waals surface area contributed by atoms with Crippen LogP contribution in [0.3, 0.4) is 0 Å². The summed E-state index contributed by atoms with van der Waals surface area (Å²) in [5.41, 5.74) is 0.844. The third-order valence-electron chi connectivity index (χ3n) is 4.43. The second-order valence-electron chi connectivity index (χ2n) is 6.44. The Morgan fingerprint density at radius 3 is 2.78 bits per heavy atom. The molecule has 0 N–H and O–H groups in total. The van der Waals surface area contributed by atoms with E-state index in [9.17, 15) is 5.11 Å². The van der Waals surface area contributed by atoms with Crippen molar-refractivity contribution in [2.45, 2.75) is 38.5 Å². The molecule has 5 nitrogen and oxygen atoms in total. The van der Waals surface area contributed by atoms with Crippen molar-refractivity contribution < 1.29 is 19.0 Å². The zero-order valence-corrected chi connectivity index (χ0v) is 13.2. The third kappa shape index (κ3) is 2.37. The highest BCUT2D eigenvalue weighted by atomic mass is 16.6. The van der Waals surface area contributed by atoms with Crippen LogP contribution in [0, 0.1) is 0 Å². The van der Waals surface area contributed by atoms with Crippen LogP contribution in [-0.2, 0) is 16.9 Å². The van der Waals surface area contributed by atoms with Crippen LogP contribution in [0.25, 0.3) is 10.8 Å². The van der Waals surface area contributed by atoms with Crippen LogP contribution in [0.4, 0.5) is 0 Å². The van der Waals surface area contributed by atoms with Gasteiger partial charge in [-0.25, -0.2) is 0 Å². The Labute approximate surface area is 134 Å². The van der Waals surface area contributed by atoms with E-state index in [1.165, 1.54) is 10.8 Å². The Balaban J connectivity index is 1.72. The van der Waals surface area contributed by atoms with Gasteiger partial charge in [0.15, 0.2) is 18.1 Å². The molecule has 23 heavy (non-hydrogen) atoms. The lowest BCUT2D eigenvalue weighted by atomic mass is 10.0. The summed E-state index contributed by atoms with van der Waals surface area (Å²) < 4.78 is 12.7. The Bertz CT molecular complexity index is 870. The molecule has 1 unspecified atom stereocenters. The number of aryl methyl sites for hydroxylation is 1. The van der Waals surface area contributed by atoms with Crippen LogP contribution in [0.15, 0.2) is 47.0 Å². The summed E-state index contributed by atoms with van der Waals surface area (Å²) in [5.74, 6) is -0.422. The maximum absolute atomic E-state index is 11.9. The number of fused-ring (bicyclic) bond motifs is 2. The summed E-state index contributed by atoms with van der Waals surface area (Å²) in [7, 11) is 0. The molecule has 0 amide bonds. The molecule has 1 aliphatic heterocycles. The molecule has 1 atom stereocenters. The summed E-state index contributed by atoms with van der Waals surface area (Å²) in [6.45, 7) is 4.37. The van der Waals surface area contributed by atoms with Crippen LogP contribution in [0.1, 0.15) is 37.6 Å². The molecule has 4 rings (SSSR count). The normalized spacial score (nSPS) is 20.2. The van der Waals surface area contributed by atoms with Gasteiger partial charge in [0.05, 0.1) is 11.4 Å². The topological polar surface area (TPSA) is 62.2 Å². The van der Waals surface area contributed by atoms with Gasteiger partial charge in [0, 0.05) is 6.42 Å². The largest absolute Gasteiger partial charge is 0.539 e. The van der Waals surface area contributed by atoms with E-state index >= 15 is 0 Å². The van der Waals surface area contributed by atoms with Crippen molar-refractivity contribution in [3.05, 3.63) is 53.7 Å². The molecule has 0 radical (unpaired) electrons. The van der Waals surface area contributed by atoms with E-state index in [0.717, 1.165) is 12.0 Å². The van der Waals surface area contributed by atoms with Crippen molar-refractivity contribution >= 4 is 10.8 Å². The first-order valence-electron chi connectivity index (χ1n) is 7.78. The second kappa shape index (κ2) is 5.06. The molecule has 2 heterocycles. The highest BCUT2D eigenvalue weighted by Gasteiger charge is 2.41. The molecule has 1 aliphatic rings. The van der Waals surface area contributed by atoms with E-state index in [4.69, 9.17) is 9.26 Å². The van der Waals surface area contributed by atoms with E-state index in [1.807, 2.05) is 26.0 Å².